The van der Waals surface area contributed by atoms with Crippen LogP contribution in [0.25, 0.3) is 0 Å². The van der Waals surface area contributed by atoms with Crippen LogP contribution in [0.1, 0.15) is 6.42 Å². The topological polar surface area (TPSA) is 94.8 Å². The maximum absolute atomic E-state index is 11.1. The van der Waals surface area contributed by atoms with Crippen LogP contribution in [-0.2, 0) is 9.59 Å². The molecule has 0 radical (unpaired) electrons. The zero-order chi connectivity index (χ0) is 10.1. The number of carbonyl (C=O) groups is 2. The van der Waals surface area contributed by atoms with Crippen molar-refractivity contribution in [2.24, 2.45) is 0 Å². The van der Waals surface area contributed by atoms with E-state index < -0.39 is 29.3 Å². The van der Waals surface area contributed by atoms with E-state index in [-0.39, 0.29) is 0 Å². The summed E-state index contributed by atoms with van der Waals surface area (Å²) in [7, 11) is 0. The minimum Gasteiger partial charge on any atom is -0.509 e. The lowest BCUT2D eigenvalue weighted by atomic mass is 9.88. The van der Waals surface area contributed by atoms with Gasteiger partial charge in [0.25, 0.3) is 0 Å². The summed E-state index contributed by atoms with van der Waals surface area (Å²) in [6.07, 6.45) is 1.37. The molecular formula is C8H8O5. The Morgan fingerprint density at radius 3 is 2.46 bits per heavy atom. The van der Waals surface area contributed by atoms with Gasteiger partial charge in [-0.25, -0.2) is 0 Å². The van der Waals surface area contributed by atoms with Crippen LogP contribution < -0.4 is 0 Å². The molecule has 0 spiro atoms. The molecule has 0 aromatic carbocycles. The number of aliphatic hydroxyl groups excluding tert-OH is 2. The summed E-state index contributed by atoms with van der Waals surface area (Å²) >= 11 is 0. The lowest BCUT2D eigenvalue weighted by molar-refractivity contribution is -0.135. The summed E-state index contributed by atoms with van der Waals surface area (Å²) in [4.78, 5) is 21.2. The molecule has 0 fully saturated rings. The summed E-state index contributed by atoms with van der Waals surface area (Å²) in [5.41, 5.74) is -2.20. The molecule has 1 rings (SSSR count). The second-order valence-electron chi connectivity index (χ2n) is 2.69. The number of aliphatic hydroxyl groups is 3. The first-order valence-corrected chi connectivity index (χ1v) is 3.53. The third-order valence-corrected chi connectivity index (χ3v) is 1.77. The summed E-state index contributed by atoms with van der Waals surface area (Å²) in [6, 6.07) is 0. The van der Waals surface area contributed by atoms with Crippen LogP contribution in [0.5, 0.6) is 0 Å². The molecule has 13 heavy (non-hydrogen) atoms. The summed E-state index contributed by atoms with van der Waals surface area (Å²) < 4.78 is 0. The number of aldehydes is 1. The lowest BCUT2D eigenvalue weighted by Gasteiger charge is -2.24. The Hall–Kier alpha value is -1.62. The van der Waals surface area contributed by atoms with Gasteiger partial charge < -0.3 is 20.1 Å². The second kappa shape index (κ2) is 3.02. The average molecular weight is 184 g/mol. The van der Waals surface area contributed by atoms with Gasteiger partial charge in [0.1, 0.15) is 17.8 Å². The Bertz CT molecular complexity index is 314. The van der Waals surface area contributed by atoms with E-state index in [1.54, 1.807) is 0 Å². The molecule has 3 N–H and O–H groups in total. The fourth-order valence-electron chi connectivity index (χ4n) is 1.01. The highest BCUT2D eigenvalue weighted by molar-refractivity contribution is 6.02. The number of ketones is 1. The Kier molecular flexibility index (Phi) is 2.20. The van der Waals surface area contributed by atoms with Crippen molar-refractivity contribution in [3.05, 3.63) is 23.7 Å². The zero-order valence-electron chi connectivity index (χ0n) is 6.60. The molecule has 0 aliphatic heterocycles. The molecule has 0 bridgehead atoms. The normalized spacial score (nSPS) is 27.9. The Labute approximate surface area is 73.6 Å². The fourth-order valence-corrected chi connectivity index (χ4v) is 1.01. The van der Waals surface area contributed by atoms with Crippen LogP contribution in [-0.4, -0.2) is 33.0 Å². The van der Waals surface area contributed by atoms with Crippen molar-refractivity contribution in [3.63, 3.8) is 0 Å². The molecule has 0 saturated heterocycles. The minimum absolute atomic E-state index is 0.318. The first kappa shape index (κ1) is 9.47. The molecule has 1 aliphatic rings. The van der Waals surface area contributed by atoms with Crippen molar-refractivity contribution in [1.82, 2.24) is 0 Å². The molecule has 0 amide bonds. The third-order valence-electron chi connectivity index (χ3n) is 1.77. The van der Waals surface area contributed by atoms with Crippen molar-refractivity contribution >= 4 is 12.1 Å². The standard InChI is InChI=1S/C8H8O5/c9-2-1-8(13)6(11)3-5(10)4-7(8)12/h2-4,10-11,13H,1H2. The first-order chi connectivity index (χ1) is 6.00. The van der Waals surface area contributed by atoms with Gasteiger partial charge in [0, 0.05) is 18.6 Å². The van der Waals surface area contributed by atoms with Crippen LogP contribution in [0.2, 0.25) is 0 Å². The van der Waals surface area contributed by atoms with Crippen LogP contribution >= 0.6 is 0 Å². The van der Waals surface area contributed by atoms with E-state index in [1.807, 2.05) is 0 Å². The van der Waals surface area contributed by atoms with E-state index in [0.717, 1.165) is 12.2 Å². The summed E-state index contributed by atoms with van der Waals surface area (Å²) in [6.45, 7) is 0. The van der Waals surface area contributed by atoms with Crippen molar-refractivity contribution in [3.8, 4) is 0 Å². The molecule has 5 nitrogen and oxygen atoms in total. The van der Waals surface area contributed by atoms with Gasteiger partial charge in [-0.2, -0.15) is 0 Å². The minimum atomic E-state index is -2.20. The van der Waals surface area contributed by atoms with Gasteiger partial charge in [0.05, 0.1) is 0 Å². The highest BCUT2D eigenvalue weighted by Crippen LogP contribution is 2.25. The Morgan fingerprint density at radius 1 is 1.38 bits per heavy atom. The van der Waals surface area contributed by atoms with E-state index in [4.69, 9.17) is 10.2 Å². The maximum Gasteiger partial charge on any atom is 0.199 e. The predicted molar refractivity (Wildman–Crippen MR) is 42.1 cm³/mol. The van der Waals surface area contributed by atoms with Crippen LogP contribution in [0.15, 0.2) is 23.7 Å². The monoisotopic (exact) mass is 184 g/mol. The summed E-state index contributed by atoms with van der Waals surface area (Å²) in [5, 5.41) is 27.5. The van der Waals surface area contributed by atoms with E-state index in [1.165, 1.54) is 0 Å². The average Bonchev–Trinajstić information content (AvgIpc) is 2.01. The molecule has 5 heteroatoms. The van der Waals surface area contributed by atoms with Crippen molar-refractivity contribution in [1.29, 1.82) is 0 Å². The van der Waals surface area contributed by atoms with E-state index in [9.17, 15) is 14.7 Å². The molecule has 70 valence electrons. The van der Waals surface area contributed by atoms with Crippen molar-refractivity contribution in [2.75, 3.05) is 0 Å². The number of carbonyl (C=O) groups excluding carboxylic acids is 2. The fraction of sp³-hybridized carbons (Fsp3) is 0.250. The zero-order valence-corrected chi connectivity index (χ0v) is 6.60. The number of rotatable bonds is 2. The van der Waals surface area contributed by atoms with Gasteiger partial charge in [-0.15, -0.1) is 0 Å². The number of hydrogen-bond donors (Lipinski definition) is 3. The van der Waals surface area contributed by atoms with E-state index in [0.29, 0.717) is 6.29 Å². The molecule has 0 aromatic rings. The quantitative estimate of drug-likeness (QED) is 0.515. The Morgan fingerprint density at radius 2 is 2.00 bits per heavy atom. The van der Waals surface area contributed by atoms with Crippen molar-refractivity contribution in [2.45, 2.75) is 12.0 Å². The Balaban J connectivity index is 3.08. The van der Waals surface area contributed by atoms with E-state index in [2.05, 4.69) is 0 Å². The molecule has 0 aromatic heterocycles. The molecule has 0 saturated carbocycles. The molecule has 1 aliphatic carbocycles. The van der Waals surface area contributed by atoms with Crippen LogP contribution in [0, 0.1) is 0 Å². The second-order valence-corrected chi connectivity index (χ2v) is 2.69. The number of allylic oxidation sites excluding steroid dienone is 1. The van der Waals surface area contributed by atoms with Crippen LogP contribution in [0.4, 0.5) is 0 Å². The first-order valence-electron chi connectivity index (χ1n) is 3.53. The van der Waals surface area contributed by atoms with E-state index >= 15 is 0 Å². The predicted octanol–water partition coefficient (Wildman–Crippen LogP) is -0.227. The van der Waals surface area contributed by atoms with Crippen molar-refractivity contribution < 1.29 is 24.9 Å². The highest BCUT2D eigenvalue weighted by Gasteiger charge is 2.41. The molecule has 1 unspecified atom stereocenters. The van der Waals surface area contributed by atoms with Gasteiger partial charge in [0.2, 0.25) is 0 Å². The smallest absolute Gasteiger partial charge is 0.199 e. The SMILES string of the molecule is O=CCC1(O)C(=O)C=C(O)C=C1O. The third kappa shape index (κ3) is 1.46. The number of hydrogen-bond acceptors (Lipinski definition) is 5. The largest absolute Gasteiger partial charge is 0.509 e. The molecule has 1 atom stereocenters. The molecule has 0 heterocycles. The highest BCUT2D eigenvalue weighted by atomic mass is 16.3. The summed E-state index contributed by atoms with van der Waals surface area (Å²) in [5.74, 6) is -2.07. The van der Waals surface area contributed by atoms with Gasteiger partial charge >= 0.3 is 0 Å². The van der Waals surface area contributed by atoms with Gasteiger partial charge in [-0.05, 0) is 0 Å². The van der Waals surface area contributed by atoms with Gasteiger partial charge in [-0.3, -0.25) is 4.79 Å². The maximum atomic E-state index is 11.1. The van der Waals surface area contributed by atoms with Gasteiger partial charge in [0.15, 0.2) is 11.4 Å². The van der Waals surface area contributed by atoms with Crippen LogP contribution in [0.3, 0.4) is 0 Å². The van der Waals surface area contributed by atoms with Gasteiger partial charge in [-0.1, -0.05) is 0 Å². The lowest BCUT2D eigenvalue weighted by Crippen LogP contribution is -2.42. The molecular weight excluding hydrogens is 176 g/mol.